The molecule has 0 saturated carbocycles. The summed E-state index contributed by atoms with van der Waals surface area (Å²) in [5, 5.41) is 0. The summed E-state index contributed by atoms with van der Waals surface area (Å²) in [4.78, 5) is 2.57. The fourth-order valence-electron chi connectivity index (χ4n) is 2.78. The molecule has 1 atom stereocenters. The predicted octanol–water partition coefficient (Wildman–Crippen LogP) is 3.21. The molecule has 1 fully saturated rings. The second kappa shape index (κ2) is 6.29. The normalized spacial score (nSPS) is 21.9. The molecule has 1 aromatic carbocycles. The molecule has 3 heteroatoms. The maximum atomic E-state index is 6.07. The van der Waals surface area contributed by atoms with Crippen molar-refractivity contribution in [1.82, 2.24) is 4.90 Å². The predicted molar refractivity (Wildman–Crippen MR) is 85.7 cm³/mol. The van der Waals surface area contributed by atoms with Crippen molar-refractivity contribution in [2.75, 3.05) is 25.4 Å². The van der Waals surface area contributed by atoms with E-state index in [1.807, 2.05) is 0 Å². The average Bonchev–Trinajstić information content (AvgIpc) is 2.54. The Morgan fingerprint density at radius 1 is 1.32 bits per heavy atom. The van der Waals surface area contributed by atoms with Crippen molar-refractivity contribution in [2.45, 2.75) is 38.0 Å². The highest BCUT2D eigenvalue weighted by Gasteiger charge is 2.27. The van der Waals surface area contributed by atoms with Crippen molar-refractivity contribution in [3.63, 3.8) is 0 Å². The number of aryl methyl sites for hydroxylation is 1. The van der Waals surface area contributed by atoms with Crippen LogP contribution in [0.25, 0.3) is 0 Å². The van der Waals surface area contributed by atoms with Crippen LogP contribution >= 0.6 is 11.8 Å². The summed E-state index contributed by atoms with van der Waals surface area (Å²) < 4.78 is 0.402. The number of nitrogens with zero attached hydrogens (tertiary/aromatic N) is 1. The van der Waals surface area contributed by atoms with E-state index < -0.39 is 0 Å². The summed E-state index contributed by atoms with van der Waals surface area (Å²) in [6.07, 6.45) is 1.24. The second-order valence-corrected chi connectivity index (χ2v) is 7.80. The maximum absolute atomic E-state index is 6.07. The smallest absolute Gasteiger partial charge is 0.0473 e. The lowest BCUT2D eigenvalue weighted by atomic mass is 9.99. The molecule has 1 aromatic rings. The minimum atomic E-state index is 0.371. The zero-order chi connectivity index (χ0) is 13.9. The Morgan fingerprint density at radius 3 is 2.74 bits per heavy atom. The molecule has 106 valence electrons. The van der Waals surface area contributed by atoms with Crippen LogP contribution in [0, 0.1) is 6.92 Å². The lowest BCUT2D eigenvalue weighted by Crippen LogP contribution is -2.36. The second-order valence-electron chi connectivity index (χ2n) is 6.00. The van der Waals surface area contributed by atoms with E-state index in [9.17, 15) is 0 Å². The lowest BCUT2D eigenvalue weighted by molar-refractivity contribution is 0.210. The number of hydrogen-bond acceptors (Lipinski definition) is 3. The molecule has 0 aliphatic carbocycles. The van der Waals surface area contributed by atoms with E-state index in [4.69, 9.17) is 5.73 Å². The molecule has 19 heavy (non-hydrogen) atoms. The molecule has 1 unspecified atom stereocenters. The van der Waals surface area contributed by atoms with Crippen molar-refractivity contribution in [1.29, 1.82) is 0 Å². The molecule has 0 bridgehead atoms. The lowest BCUT2D eigenvalue weighted by Gasteiger charge is -2.31. The highest BCUT2D eigenvalue weighted by molar-refractivity contribution is 8.00. The summed E-state index contributed by atoms with van der Waals surface area (Å²) in [5.74, 6) is 1.20. The Hall–Kier alpha value is -0.510. The van der Waals surface area contributed by atoms with E-state index in [0.29, 0.717) is 17.3 Å². The van der Waals surface area contributed by atoms with Gasteiger partial charge in [0, 0.05) is 36.2 Å². The molecule has 2 N–H and O–H groups in total. The Kier molecular flexibility index (Phi) is 4.93. The number of nitrogens with two attached hydrogens (primary N) is 1. The fraction of sp³-hybridized carbons (Fsp3) is 0.625. The van der Waals surface area contributed by atoms with Gasteiger partial charge in [0.15, 0.2) is 0 Å². The standard InChI is InChI=1S/C16H26N2S/c1-13-6-4-5-7-14(13)15(12-17)18-9-8-16(2,3)19-11-10-18/h4-7,15H,8-12,17H2,1-3H3. The molecule has 0 radical (unpaired) electrons. The van der Waals surface area contributed by atoms with Gasteiger partial charge < -0.3 is 5.73 Å². The minimum absolute atomic E-state index is 0.371. The molecule has 0 amide bonds. The fourth-order valence-corrected chi connectivity index (χ4v) is 3.90. The van der Waals surface area contributed by atoms with Crippen molar-refractivity contribution < 1.29 is 0 Å². The molecular weight excluding hydrogens is 252 g/mol. The monoisotopic (exact) mass is 278 g/mol. The molecule has 1 saturated heterocycles. The molecule has 1 aliphatic rings. The number of hydrogen-bond donors (Lipinski definition) is 1. The minimum Gasteiger partial charge on any atom is -0.329 e. The highest BCUT2D eigenvalue weighted by atomic mass is 32.2. The van der Waals surface area contributed by atoms with Crippen LogP contribution in [-0.2, 0) is 0 Å². The summed E-state index contributed by atoms with van der Waals surface area (Å²) in [6.45, 7) is 9.89. The summed E-state index contributed by atoms with van der Waals surface area (Å²) in [6, 6.07) is 9.02. The van der Waals surface area contributed by atoms with Gasteiger partial charge in [-0.05, 0) is 24.5 Å². The highest BCUT2D eigenvalue weighted by Crippen LogP contribution is 2.33. The number of benzene rings is 1. The van der Waals surface area contributed by atoms with Crippen LogP contribution in [0.2, 0.25) is 0 Å². The van der Waals surface area contributed by atoms with Crippen LogP contribution in [-0.4, -0.2) is 35.0 Å². The van der Waals surface area contributed by atoms with E-state index in [1.54, 1.807) is 0 Å². The van der Waals surface area contributed by atoms with E-state index in [-0.39, 0.29) is 0 Å². The summed E-state index contributed by atoms with van der Waals surface area (Å²) in [7, 11) is 0. The van der Waals surface area contributed by atoms with Gasteiger partial charge >= 0.3 is 0 Å². The summed E-state index contributed by atoms with van der Waals surface area (Å²) in [5.41, 5.74) is 8.83. The van der Waals surface area contributed by atoms with Gasteiger partial charge in [-0.15, -0.1) is 0 Å². The molecule has 1 aliphatic heterocycles. The van der Waals surface area contributed by atoms with E-state index in [1.165, 1.54) is 23.3 Å². The molecular formula is C16H26N2S. The van der Waals surface area contributed by atoms with Crippen LogP contribution in [0.3, 0.4) is 0 Å². The van der Waals surface area contributed by atoms with Gasteiger partial charge in [-0.2, -0.15) is 11.8 Å². The van der Waals surface area contributed by atoms with Crippen molar-refractivity contribution >= 4 is 11.8 Å². The first-order valence-corrected chi connectivity index (χ1v) is 8.16. The van der Waals surface area contributed by atoms with Crippen LogP contribution in [0.5, 0.6) is 0 Å². The number of rotatable bonds is 3. The first-order chi connectivity index (χ1) is 9.03. The van der Waals surface area contributed by atoms with Gasteiger partial charge in [0.1, 0.15) is 0 Å². The zero-order valence-electron chi connectivity index (χ0n) is 12.4. The van der Waals surface area contributed by atoms with Crippen molar-refractivity contribution in [3.8, 4) is 0 Å². The number of thioether (sulfide) groups is 1. The maximum Gasteiger partial charge on any atom is 0.0473 e. The molecule has 0 aromatic heterocycles. The summed E-state index contributed by atoms with van der Waals surface area (Å²) >= 11 is 2.09. The van der Waals surface area contributed by atoms with Gasteiger partial charge in [-0.1, -0.05) is 38.1 Å². The van der Waals surface area contributed by atoms with E-state index in [2.05, 4.69) is 61.7 Å². The van der Waals surface area contributed by atoms with Gasteiger partial charge in [0.25, 0.3) is 0 Å². The Morgan fingerprint density at radius 2 is 2.05 bits per heavy atom. The van der Waals surface area contributed by atoms with Crippen molar-refractivity contribution in [3.05, 3.63) is 35.4 Å². The molecule has 0 spiro atoms. The SMILES string of the molecule is Cc1ccccc1C(CN)N1CCSC(C)(C)CC1. The zero-order valence-corrected chi connectivity index (χ0v) is 13.2. The molecule has 2 nitrogen and oxygen atoms in total. The van der Waals surface area contributed by atoms with Crippen LogP contribution in [0.15, 0.2) is 24.3 Å². The topological polar surface area (TPSA) is 29.3 Å². The third-order valence-corrected chi connectivity index (χ3v) is 5.46. The van der Waals surface area contributed by atoms with Crippen LogP contribution < -0.4 is 5.73 Å². The van der Waals surface area contributed by atoms with Gasteiger partial charge in [-0.3, -0.25) is 4.90 Å². The Balaban J connectivity index is 2.16. The largest absolute Gasteiger partial charge is 0.329 e. The van der Waals surface area contributed by atoms with E-state index in [0.717, 1.165) is 13.1 Å². The first-order valence-electron chi connectivity index (χ1n) is 7.17. The molecule has 1 heterocycles. The third kappa shape index (κ3) is 3.74. The van der Waals surface area contributed by atoms with Crippen molar-refractivity contribution in [2.24, 2.45) is 5.73 Å². The van der Waals surface area contributed by atoms with Gasteiger partial charge in [0.2, 0.25) is 0 Å². The third-order valence-electron chi connectivity index (χ3n) is 4.08. The molecule has 2 rings (SSSR count). The van der Waals surface area contributed by atoms with E-state index >= 15 is 0 Å². The quantitative estimate of drug-likeness (QED) is 0.920. The van der Waals surface area contributed by atoms with Gasteiger partial charge in [-0.25, -0.2) is 0 Å². The Labute approximate surface area is 121 Å². The van der Waals surface area contributed by atoms with Crippen LogP contribution in [0.4, 0.5) is 0 Å². The van der Waals surface area contributed by atoms with Crippen LogP contribution in [0.1, 0.15) is 37.4 Å². The first kappa shape index (κ1) is 14.9. The average molecular weight is 278 g/mol. The Bertz CT molecular complexity index is 417. The van der Waals surface area contributed by atoms with Gasteiger partial charge in [0.05, 0.1) is 0 Å².